The van der Waals surface area contributed by atoms with E-state index in [0.717, 1.165) is 11.1 Å². The quantitative estimate of drug-likeness (QED) is 0.800. The minimum absolute atomic E-state index is 0.120. The van der Waals surface area contributed by atoms with Crippen LogP contribution in [0.1, 0.15) is 33.8 Å². The summed E-state index contributed by atoms with van der Waals surface area (Å²) in [5.74, 6) is -0.395. The van der Waals surface area contributed by atoms with E-state index in [1.165, 1.54) is 0 Å². The summed E-state index contributed by atoms with van der Waals surface area (Å²) in [6.07, 6.45) is 1.70. The Balaban J connectivity index is 1.84. The smallest absolute Gasteiger partial charge is 0.251 e. The van der Waals surface area contributed by atoms with E-state index in [0.29, 0.717) is 12.0 Å². The fourth-order valence-corrected chi connectivity index (χ4v) is 3.19. The lowest BCUT2D eigenvalue weighted by atomic mass is 9.92. The molecule has 1 aromatic heterocycles. The molecule has 23 heavy (non-hydrogen) atoms. The molecule has 5 nitrogen and oxygen atoms in total. The number of carbonyl (C=O) groups excluding carboxylic acids is 1. The van der Waals surface area contributed by atoms with Gasteiger partial charge >= 0.3 is 0 Å². The number of aliphatic hydroxyl groups is 2. The highest BCUT2D eigenvalue weighted by molar-refractivity contribution is 5.94. The molecule has 0 aliphatic heterocycles. The van der Waals surface area contributed by atoms with E-state index in [4.69, 9.17) is 0 Å². The first-order valence-electron chi connectivity index (χ1n) is 7.70. The van der Waals surface area contributed by atoms with E-state index in [1.54, 1.807) is 24.5 Å². The number of nitrogens with zero attached hydrogens (tertiary/aromatic N) is 1. The van der Waals surface area contributed by atoms with Gasteiger partial charge in [-0.15, -0.1) is 0 Å². The molecule has 1 saturated carbocycles. The van der Waals surface area contributed by atoms with Gasteiger partial charge in [0.1, 0.15) is 6.10 Å². The van der Waals surface area contributed by atoms with Crippen molar-refractivity contribution < 1.29 is 15.0 Å². The normalized spacial score (nSPS) is 26.9. The van der Waals surface area contributed by atoms with Crippen LogP contribution in [0.5, 0.6) is 0 Å². The Morgan fingerprint density at radius 2 is 1.96 bits per heavy atom. The van der Waals surface area contributed by atoms with E-state index >= 15 is 0 Å². The lowest BCUT2D eigenvalue weighted by Crippen LogP contribution is -2.45. The number of benzene rings is 1. The fraction of sp³-hybridized carbons (Fsp3) is 0.333. The molecule has 0 unspecified atom stereocenters. The van der Waals surface area contributed by atoms with Gasteiger partial charge in [-0.2, -0.15) is 0 Å². The maximum absolute atomic E-state index is 12.4. The van der Waals surface area contributed by atoms with Crippen LogP contribution in [0, 0.1) is 6.92 Å². The summed E-state index contributed by atoms with van der Waals surface area (Å²) in [6, 6.07) is 10.7. The minimum atomic E-state index is -0.980. The molecule has 4 atom stereocenters. The van der Waals surface area contributed by atoms with Gasteiger partial charge in [0.15, 0.2) is 0 Å². The molecule has 1 amide bonds. The Bertz CT molecular complexity index is 690. The summed E-state index contributed by atoms with van der Waals surface area (Å²) in [4.78, 5) is 16.3. The average Bonchev–Trinajstić information content (AvgIpc) is 2.84. The van der Waals surface area contributed by atoms with Gasteiger partial charge in [-0.3, -0.25) is 9.78 Å². The molecule has 120 valence electrons. The number of nitrogens with one attached hydrogen (secondary N) is 1. The molecule has 2 aromatic rings. The third-order valence-corrected chi connectivity index (χ3v) is 4.40. The number of amides is 1. The zero-order valence-electron chi connectivity index (χ0n) is 12.9. The monoisotopic (exact) mass is 312 g/mol. The van der Waals surface area contributed by atoms with Crippen molar-refractivity contribution in [2.75, 3.05) is 0 Å². The maximum atomic E-state index is 12.4. The van der Waals surface area contributed by atoms with Crippen LogP contribution in [0.3, 0.4) is 0 Å². The van der Waals surface area contributed by atoms with Crippen molar-refractivity contribution in [2.45, 2.75) is 37.5 Å². The average molecular weight is 312 g/mol. The molecule has 1 fully saturated rings. The number of aromatic nitrogens is 1. The SMILES string of the molecule is Cc1cccc([C@H]2C[C@@H](O)[C@@H](O)[C@@H]2NC(=O)c2ccncc2)c1. The maximum Gasteiger partial charge on any atom is 0.251 e. The number of aryl methyl sites for hydroxylation is 1. The van der Waals surface area contributed by atoms with Crippen molar-refractivity contribution in [1.29, 1.82) is 0 Å². The van der Waals surface area contributed by atoms with Crippen LogP contribution in [0.4, 0.5) is 0 Å². The number of hydrogen-bond acceptors (Lipinski definition) is 4. The largest absolute Gasteiger partial charge is 0.390 e. The van der Waals surface area contributed by atoms with E-state index in [2.05, 4.69) is 10.3 Å². The summed E-state index contributed by atoms with van der Waals surface area (Å²) < 4.78 is 0. The number of pyridine rings is 1. The van der Waals surface area contributed by atoms with E-state index in [9.17, 15) is 15.0 Å². The van der Waals surface area contributed by atoms with Gasteiger partial charge in [0, 0.05) is 23.9 Å². The third-order valence-electron chi connectivity index (χ3n) is 4.40. The summed E-state index contributed by atoms with van der Waals surface area (Å²) in [5, 5.41) is 23.2. The van der Waals surface area contributed by atoms with Crippen molar-refractivity contribution >= 4 is 5.91 Å². The van der Waals surface area contributed by atoms with Crippen molar-refractivity contribution in [3.05, 3.63) is 65.5 Å². The summed E-state index contributed by atoms with van der Waals surface area (Å²) in [7, 11) is 0. The second-order valence-electron chi connectivity index (χ2n) is 6.05. The first kappa shape index (κ1) is 15.6. The van der Waals surface area contributed by atoms with Crippen LogP contribution in [0.2, 0.25) is 0 Å². The Morgan fingerprint density at radius 3 is 2.65 bits per heavy atom. The molecule has 3 rings (SSSR count). The molecular formula is C18H20N2O3. The van der Waals surface area contributed by atoms with Crippen molar-refractivity contribution in [3.63, 3.8) is 0 Å². The van der Waals surface area contributed by atoms with Gasteiger partial charge in [-0.1, -0.05) is 29.8 Å². The summed E-state index contributed by atoms with van der Waals surface area (Å²) >= 11 is 0. The van der Waals surface area contributed by atoms with Crippen LogP contribution in [-0.2, 0) is 0 Å². The highest BCUT2D eigenvalue weighted by atomic mass is 16.3. The highest BCUT2D eigenvalue weighted by Gasteiger charge is 2.43. The molecule has 0 spiro atoms. The Labute approximate surface area is 135 Å². The molecule has 5 heteroatoms. The number of carbonyl (C=O) groups is 1. The Kier molecular flexibility index (Phi) is 4.41. The number of rotatable bonds is 3. The standard InChI is InChI=1S/C18H20N2O3/c1-11-3-2-4-13(9-11)14-10-15(21)17(22)16(14)20-18(23)12-5-7-19-8-6-12/h2-9,14-17,21-22H,10H2,1H3,(H,20,23)/t14-,15-,16-,17-/m1/s1. The highest BCUT2D eigenvalue weighted by Crippen LogP contribution is 2.35. The van der Waals surface area contributed by atoms with Gasteiger partial charge < -0.3 is 15.5 Å². The number of aliphatic hydroxyl groups excluding tert-OH is 2. The van der Waals surface area contributed by atoms with Crippen LogP contribution < -0.4 is 5.32 Å². The lowest BCUT2D eigenvalue weighted by Gasteiger charge is -2.24. The van der Waals surface area contributed by atoms with Gasteiger partial charge in [0.2, 0.25) is 0 Å². The van der Waals surface area contributed by atoms with E-state index in [1.807, 2.05) is 31.2 Å². The number of hydrogen-bond donors (Lipinski definition) is 3. The second kappa shape index (κ2) is 6.48. The van der Waals surface area contributed by atoms with Crippen LogP contribution in [0.25, 0.3) is 0 Å². The Morgan fingerprint density at radius 1 is 1.22 bits per heavy atom. The molecule has 0 radical (unpaired) electrons. The molecular weight excluding hydrogens is 292 g/mol. The predicted octanol–water partition coefficient (Wildman–Crippen LogP) is 1.40. The van der Waals surface area contributed by atoms with Gasteiger partial charge in [-0.25, -0.2) is 0 Å². The molecule has 1 heterocycles. The molecule has 1 aromatic carbocycles. The van der Waals surface area contributed by atoms with Gasteiger partial charge in [0.25, 0.3) is 5.91 Å². The van der Waals surface area contributed by atoms with Crippen molar-refractivity contribution in [3.8, 4) is 0 Å². The molecule has 1 aliphatic carbocycles. The first-order chi connectivity index (χ1) is 11.1. The molecule has 1 aliphatic rings. The minimum Gasteiger partial charge on any atom is -0.390 e. The van der Waals surface area contributed by atoms with Gasteiger partial charge in [-0.05, 0) is 31.0 Å². The molecule has 3 N–H and O–H groups in total. The van der Waals surface area contributed by atoms with Crippen LogP contribution >= 0.6 is 0 Å². The van der Waals surface area contributed by atoms with Crippen LogP contribution in [0.15, 0.2) is 48.8 Å². The third kappa shape index (κ3) is 3.25. The van der Waals surface area contributed by atoms with E-state index in [-0.39, 0.29) is 11.8 Å². The molecule has 0 saturated heterocycles. The Hall–Kier alpha value is -2.24. The zero-order chi connectivity index (χ0) is 16.4. The van der Waals surface area contributed by atoms with Crippen LogP contribution in [-0.4, -0.2) is 39.4 Å². The summed E-state index contributed by atoms with van der Waals surface area (Å²) in [6.45, 7) is 2.00. The topological polar surface area (TPSA) is 82.5 Å². The second-order valence-corrected chi connectivity index (χ2v) is 6.05. The lowest BCUT2D eigenvalue weighted by molar-refractivity contribution is 0.0294. The molecule has 0 bridgehead atoms. The predicted molar refractivity (Wildman–Crippen MR) is 86.0 cm³/mol. The summed E-state index contributed by atoms with van der Waals surface area (Å²) in [5.41, 5.74) is 2.61. The first-order valence-corrected chi connectivity index (χ1v) is 7.70. The van der Waals surface area contributed by atoms with Gasteiger partial charge in [0.05, 0.1) is 12.1 Å². The van der Waals surface area contributed by atoms with E-state index < -0.39 is 18.2 Å². The fourth-order valence-electron chi connectivity index (χ4n) is 3.19. The van der Waals surface area contributed by atoms with Crippen molar-refractivity contribution in [1.82, 2.24) is 10.3 Å². The van der Waals surface area contributed by atoms with Crippen molar-refractivity contribution in [2.24, 2.45) is 0 Å². The zero-order valence-corrected chi connectivity index (χ0v) is 12.9.